The second kappa shape index (κ2) is 2.17. The molecule has 0 atom stereocenters. The van der Waals surface area contributed by atoms with Gasteiger partial charge in [-0.05, 0) is 0 Å². The van der Waals surface area contributed by atoms with E-state index in [4.69, 9.17) is 10.7 Å². The maximum Gasteiger partial charge on any atom is 0.305 e. The molecule has 1 aromatic rings. The largest absolute Gasteiger partial charge is 0.305 e. The Bertz CT molecular complexity index is 332. The van der Waals surface area contributed by atoms with Crippen molar-refractivity contribution in [1.29, 1.82) is 0 Å². The number of halogens is 2. The molecule has 0 saturated carbocycles. The minimum absolute atomic E-state index is 0.758. The lowest BCUT2D eigenvalue weighted by molar-refractivity contribution is 0.541. The number of aromatic amines is 1. The van der Waals surface area contributed by atoms with Crippen molar-refractivity contribution in [3.05, 3.63) is 6.08 Å². The number of H-pyrrole nitrogens is 1. The van der Waals surface area contributed by atoms with Crippen LogP contribution in [0, 0.1) is 6.08 Å². The number of hydrogen-bond donors (Lipinski definition) is 1. The Morgan fingerprint density at radius 1 is 1.60 bits per heavy atom. The van der Waals surface area contributed by atoms with Gasteiger partial charge in [-0.2, -0.15) is 9.37 Å². The van der Waals surface area contributed by atoms with Crippen molar-refractivity contribution >= 4 is 19.7 Å². The normalized spacial score (nSPS) is 11.8. The van der Waals surface area contributed by atoms with Gasteiger partial charge < -0.3 is 0 Å². The van der Waals surface area contributed by atoms with Gasteiger partial charge in [0, 0.05) is 10.7 Å². The molecule has 0 unspecified atom stereocenters. The maximum atomic E-state index is 11.9. The average molecular weight is 186 g/mol. The first-order valence-corrected chi connectivity index (χ1v) is 4.33. The predicted molar refractivity (Wildman–Crippen MR) is 29.4 cm³/mol. The van der Waals surface area contributed by atoms with Crippen molar-refractivity contribution < 1.29 is 12.8 Å². The third kappa shape index (κ3) is 1.42. The molecule has 0 fully saturated rings. The van der Waals surface area contributed by atoms with Crippen LogP contribution in [0.15, 0.2) is 5.16 Å². The first-order valence-electron chi connectivity index (χ1n) is 2.03. The van der Waals surface area contributed by atoms with Crippen LogP contribution in [0.2, 0.25) is 0 Å². The van der Waals surface area contributed by atoms with E-state index >= 15 is 0 Å². The van der Waals surface area contributed by atoms with Gasteiger partial charge in [0.1, 0.15) is 0 Å². The standard InChI is InChI=1S/C2HClFN3O2S/c3-10(8,9)2-5-1(4)6-7-2/h(H,5,6,7). The van der Waals surface area contributed by atoms with Crippen LogP contribution in [0.25, 0.3) is 0 Å². The maximum absolute atomic E-state index is 11.9. The highest BCUT2D eigenvalue weighted by Crippen LogP contribution is 2.06. The van der Waals surface area contributed by atoms with E-state index in [9.17, 15) is 12.8 Å². The average Bonchev–Trinajstić information content (AvgIpc) is 2.11. The molecule has 1 N–H and O–H groups in total. The van der Waals surface area contributed by atoms with E-state index in [1.54, 1.807) is 5.10 Å². The molecule has 8 heteroatoms. The Balaban J connectivity index is 3.21. The Morgan fingerprint density at radius 3 is 2.40 bits per heavy atom. The van der Waals surface area contributed by atoms with Gasteiger partial charge in [-0.25, -0.2) is 13.5 Å². The summed E-state index contributed by atoms with van der Waals surface area (Å²) < 4.78 is 32.5. The van der Waals surface area contributed by atoms with Crippen molar-refractivity contribution in [3.8, 4) is 0 Å². The second-order valence-corrected chi connectivity index (χ2v) is 3.81. The lowest BCUT2D eigenvalue weighted by atomic mass is 11.2. The van der Waals surface area contributed by atoms with Crippen molar-refractivity contribution in [2.24, 2.45) is 0 Å². The van der Waals surface area contributed by atoms with Gasteiger partial charge in [0.05, 0.1) is 0 Å². The van der Waals surface area contributed by atoms with Gasteiger partial charge in [0.15, 0.2) is 0 Å². The summed E-state index contributed by atoms with van der Waals surface area (Å²) >= 11 is 0. The molecule has 0 saturated heterocycles. The van der Waals surface area contributed by atoms with E-state index in [-0.39, 0.29) is 0 Å². The summed E-state index contributed by atoms with van der Waals surface area (Å²) in [4.78, 5) is 2.83. The van der Waals surface area contributed by atoms with Crippen LogP contribution in [0.1, 0.15) is 0 Å². The fourth-order valence-corrected chi connectivity index (χ4v) is 0.888. The molecule has 0 radical (unpaired) electrons. The van der Waals surface area contributed by atoms with Gasteiger partial charge in [0.2, 0.25) is 0 Å². The van der Waals surface area contributed by atoms with E-state index in [1.807, 2.05) is 0 Å². The number of nitrogens with one attached hydrogen (secondary N) is 1. The number of nitrogens with zero attached hydrogens (tertiary/aromatic N) is 2. The molecular weight excluding hydrogens is 185 g/mol. The minimum Gasteiger partial charge on any atom is -0.234 e. The summed E-state index contributed by atoms with van der Waals surface area (Å²) in [5, 5.41) is 3.88. The Kier molecular flexibility index (Phi) is 1.61. The Labute approximate surface area is 59.6 Å². The van der Waals surface area contributed by atoms with Crippen LogP contribution in [0.3, 0.4) is 0 Å². The molecule has 0 aliphatic rings. The zero-order chi connectivity index (χ0) is 7.78. The van der Waals surface area contributed by atoms with Crippen LogP contribution in [-0.4, -0.2) is 23.6 Å². The highest BCUT2D eigenvalue weighted by atomic mass is 35.7. The summed E-state index contributed by atoms with van der Waals surface area (Å²) in [6.45, 7) is 0. The summed E-state index contributed by atoms with van der Waals surface area (Å²) in [5.74, 6) is 0. The summed E-state index contributed by atoms with van der Waals surface area (Å²) in [7, 11) is 0.729. The molecule has 1 aromatic heterocycles. The molecule has 1 heterocycles. The number of aromatic nitrogens is 3. The fraction of sp³-hybridized carbons (Fsp3) is 0. The monoisotopic (exact) mass is 185 g/mol. The lowest BCUT2D eigenvalue weighted by Gasteiger charge is -1.79. The highest BCUT2D eigenvalue weighted by molar-refractivity contribution is 8.13. The van der Waals surface area contributed by atoms with E-state index in [0.29, 0.717) is 0 Å². The highest BCUT2D eigenvalue weighted by Gasteiger charge is 2.15. The molecule has 0 spiro atoms. The molecule has 56 valence electrons. The van der Waals surface area contributed by atoms with Crippen LogP contribution in [-0.2, 0) is 9.05 Å². The molecule has 0 aromatic carbocycles. The number of rotatable bonds is 1. The summed E-state index contributed by atoms with van der Waals surface area (Å²) in [6.07, 6.45) is -1.08. The van der Waals surface area contributed by atoms with Crippen molar-refractivity contribution in [2.75, 3.05) is 0 Å². The van der Waals surface area contributed by atoms with E-state index in [0.717, 1.165) is 0 Å². The van der Waals surface area contributed by atoms with Crippen LogP contribution in [0.4, 0.5) is 4.39 Å². The van der Waals surface area contributed by atoms with Gasteiger partial charge in [-0.3, -0.25) is 0 Å². The predicted octanol–water partition coefficient (Wildman–Crippen LogP) is -0.129. The molecule has 0 aliphatic carbocycles. The fourth-order valence-electron chi connectivity index (χ4n) is 0.337. The van der Waals surface area contributed by atoms with Crippen LogP contribution >= 0.6 is 10.7 Å². The summed E-state index contributed by atoms with van der Waals surface area (Å²) in [6, 6.07) is 0. The van der Waals surface area contributed by atoms with Gasteiger partial charge in [-0.15, -0.1) is 5.10 Å². The third-order valence-corrected chi connectivity index (χ3v) is 1.69. The number of hydrogen-bond acceptors (Lipinski definition) is 4. The van der Waals surface area contributed by atoms with Gasteiger partial charge in [-0.1, -0.05) is 0 Å². The van der Waals surface area contributed by atoms with E-state index < -0.39 is 20.3 Å². The van der Waals surface area contributed by atoms with E-state index in [1.165, 1.54) is 0 Å². The van der Waals surface area contributed by atoms with Gasteiger partial charge >= 0.3 is 6.08 Å². The topological polar surface area (TPSA) is 75.7 Å². The Hall–Kier alpha value is -0.690. The molecule has 1 rings (SSSR count). The van der Waals surface area contributed by atoms with Crippen molar-refractivity contribution in [3.63, 3.8) is 0 Å². The Morgan fingerprint density at radius 2 is 2.20 bits per heavy atom. The quantitative estimate of drug-likeness (QED) is 0.619. The zero-order valence-corrected chi connectivity index (χ0v) is 5.95. The van der Waals surface area contributed by atoms with Gasteiger partial charge in [0.25, 0.3) is 14.2 Å². The molecule has 10 heavy (non-hydrogen) atoms. The van der Waals surface area contributed by atoms with Crippen molar-refractivity contribution in [1.82, 2.24) is 15.2 Å². The van der Waals surface area contributed by atoms with Crippen LogP contribution < -0.4 is 0 Å². The van der Waals surface area contributed by atoms with Crippen LogP contribution in [0.5, 0.6) is 0 Å². The zero-order valence-electron chi connectivity index (χ0n) is 4.38. The SMILES string of the molecule is O=S(=O)(Cl)c1n[nH]c(F)n1. The molecule has 0 aliphatic heterocycles. The molecule has 0 bridgehead atoms. The van der Waals surface area contributed by atoms with E-state index in [2.05, 4.69) is 10.1 Å². The third-order valence-electron chi connectivity index (χ3n) is 0.656. The summed E-state index contributed by atoms with van der Waals surface area (Å²) in [5.41, 5.74) is 0. The van der Waals surface area contributed by atoms with Crippen molar-refractivity contribution in [2.45, 2.75) is 5.16 Å². The lowest BCUT2D eigenvalue weighted by Crippen LogP contribution is -1.92. The smallest absolute Gasteiger partial charge is 0.234 e. The minimum atomic E-state index is -4.00. The molecular formula is C2HClFN3O2S. The first kappa shape index (κ1) is 7.42. The molecule has 0 amide bonds. The molecule has 5 nitrogen and oxygen atoms in total. The second-order valence-electron chi connectivity index (χ2n) is 1.35. The first-order chi connectivity index (χ1) is 4.50.